The fourth-order valence-corrected chi connectivity index (χ4v) is 3.79. The lowest BCUT2D eigenvalue weighted by molar-refractivity contribution is 0.208. The van der Waals surface area contributed by atoms with E-state index in [0.717, 1.165) is 0 Å². The molecule has 0 saturated carbocycles. The van der Waals surface area contributed by atoms with Crippen molar-refractivity contribution in [2.45, 2.75) is 13.3 Å². The highest BCUT2D eigenvalue weighted by Gasteiger charge is 2.24. The number of piperazine rings is 1. The zero-order valence-corrected chi connectivity index (χ0v) is 18.3. The lowest BCUT2D eigenvalue weighted by atomic mass is 10.2. The zero-order valence-electron chi connectivity index (χ0n) is 16.8. The van der Waals surface area contributed by atoms with Crippen LogP contribution in [-0.2, 0) is 13.3 Å². The number of urea groups is 1. The van der Waals surface area contributed by atoms with Crippen LogP contribution in [0.1, 0.15) is 11.5 Å². The van der Waals surface area contributed by atoms with E-state index in [0.29, 0.717) is 53.8 Å². The Morgan fingerprint density at radius 3 is 2.56 bits per heavy atom. The van der Waals surface area contributed by atoms with Gasteiger partial charge in [-0.2, -0.15) is 0 Å². The number of nitrogens with one attached hydrogen (secondary N) is 1. The number of aromatic nitrogens is 3. The van der Waals surface area contributed by atoms with Gasteiger partial charge in [0.1, 0.15) is 19.1 Å². The molecule has 4 rings (SSSR count). The standard InChI is InChI=1S/C20H19Cl2FN6O3/c21-15-8-14(2-1-12(15)9-23)25-20(31)29-5-3-28(4-6-29)18-16(22)7-13(10-24-18)19-27-26-17(11-30)32-19/h1-2,7-8,10,30H,3-6,9,11H2,(H,25,31). The van der Waals surface area contributed by atoms with Gasteiger partial charge in [-0.3, -0.25) is 0 Å². The van der Waals surface area contributed by atoms with Crippen LogP contribution >= 0.6 is 23.2 Å². The van der Waals surface area contributed by atoms with Crippen LogP contribution in [0, 0.1) is 0 Å². The summed E-state index contributed by atoms with van der Waals surface area (Å²) in [6.07, 6.45) is 1.57. The van der Waals surface area contributed by atoms with Crippen molar-refractivity contribution in [3.05, 3.63) is 52.0 Å². The van der Waals surface area contributed by atoms with Gasteiger partial charge in [0.25, 0.3) is 0 Å². The first-order chi connectivity index (χ1) is 15.5. The van der Waals surface area contributed by atoms with Crippen molar-refractivity contribution < 1.29 is 18.7 Å². The summed E-state index contributed by atoms with van der Waals surface area (Å²) in [5.74, 6) is 0.914. The van der Waals surface area contributed by atoms with E-state index >= 15 is 0 Å². The maximum atomic E-state index is 12.8. The van der Waals surface area contributed by atoms with Gasteiger partial charge in [-0.05, 0) is 18.2 Å². The van der Waals surface area contributed by atoms with Crippen LogP contribution in [0.5, 0.6) is 0 Å². The van der Waals surface area contributed by atoms with Crippen molar-refractivity contribution in [1.29, 1.82) is 0 Å². The zero-order chi connectivity index (χ0) is 22.7. The van der Waals surface area contributed by atoms with E-state index in [9.17, 15) is 9.18 Å². The quantitative estimate of drug-likeness (QED) is 0.572. The highest BCUT2D eigenvalue weighted by atomic mass is 35.5. The second-order valence-corrected chi connectivity index (χ2v) is 7.85. The van der Waals surface area contributed by atoms with Gasteiger partial charge >= 0.3 is 6.03 Å². The third-order valence-corrected chi connectivity index (χ3v) is 5.62. The Hall–Kier alpha value is -2.95. The van der Waals surface area contributed by atoms with Crippen LogP contribution < -0.4 is 10.2 Å². The maximum Gasteiger partial charge on any atom is 0.321 e. The summed E-state index contributed by atoms with van der Waals surface area (Å²) in [7, 11) is 0. The molecule has 1 aromatic carbocycles. The topological polar surface area (TPSA) is 108 Å². The number of nitrogens with zero attached hydrogens (tertiary/aromatic N) is 5. The van der Waals surface area contributed by atoms with E-state index in [1.807, 2.05) is 4.90 Å². The Morgan fingerprint density at radius 2 is 1.94 bits per heavy atom. The van der Waals surface area contributed by atoms with Gasteiger partial charge in [-0.15, -0.1) is 10.2 Å². The molecule has 12 heteroatoms. The van der Waals surface area contributed by atoms with Gasteiger partial charge in [0.2, 0.25) is 11.8 Å². The lowest BCUT2D eigenvalue weighted by Crippen LogP contribution is -2.50. The molecule has 3 aromatic rings. The van der Waals surface area contributed by atoms with Crippen LogP contribution in [0.25, 0.3) is 11.5 Å². The second-order valence-electron chi connectivity index (χ2n) is 7.03. The predicted octanol–water partition coefficient (Wildman–Crippen LogP) is 3.75. The van der Waals surface area contributed by atoms with Crippen molar-refractivity contribution in [1.82, 2.24) is 20.1 Å². The molecule has 0 bridgehead atoms. The number of hydrogen-bond donors (Lipinski definition) is 2. The highest BCUT2D eigenvalue weighted by Crippen LogP contribution is 2.29. The molecule has 1 aliphatic heterocycles. The summed E-state index contributed by atoms with van der Waals surface area (Å²) in [5, 5.41) is 20.1. The highest BCUT2D eigenvalue weighted by molar-refractivity contribution is 6.33. The average Bonchev–Trinajstić information content (AvgIpc) is 3.29. The fourth-order valence-electron chi connectivity index (χ4n) is 3.27. The van der Waals surface area contributed by atoms with Gasteiger partial charge in [0.15, 0.2) is 0 Å². The first-order valence-corrected chi connectivity index (χ1v) is 10.5. The predicted molar refractivity (Wildman–Crippen MR) is 118 cm³/mol. The maximum absolute atomic E-state index is 12.8. The third kappa shape index (κ3) is 4.77. The number of rotatable bonds is 5. The molecule has 0 spiro atoms. The van der Waals surface area contributed by atoms with E-state index in [1.54, 1.807) is 29.3 Å². The van der Waals surface area contributed by atoms with Gasteiger partial charge in [0, 0.05) is 48.6 Å². The van der Waals surface area contributed by atoms with E-state index in [1.165, 1.54) is 6.07 Å². The van der Waals surface area contributed by atoms with E-state index in [2.05, 4.69) is 20.5 Å². The molecule has 0 radical (unpaired) electrons. The van der Waals surface area contributed by atoms with Gasteiger partial charge < -0.3 is 24.6 Å². The molecule has 3 heterocycles. The summed E-state index contributed by atoms with van der Waals surface area (Å²) in [6, 6.07) is 6.10. The Balaban J connectivity index is 1.37. The van der Waals surface area contributed by atoms with E-state index in [4.69, 9.17) is 32.7 Å². The summed E-state index contributed by atoms with van der Waals surface area (Å²) >= 11 is 12.4. The normalized spacial score (nSPS) is 14.0. The molecule has 0 unspecified atom stereocenters. The number of anilines is 2. The molecule has 2 N–H and O–H groups in total. The molecule has 1 saturated heterocycles. The van der Waals surface area contributed by atoms with E-state index < -0.39 is 6.67 Å². The first-order valence-electron chi connectivity index (χ1n) is 9.73. The van der Waals surface area contributed by atoms with Crippen molar-refractivity contribution in [3.8, 4) is 11.5 Å². The van der Waals surface area contributed by atoms with Crippen LogP contribution in [0.2, 0.25) is 10.0 Å². The van der Waals surface area contributed by atoms with Gasteiger partial charge in [0.05, 0.1) is 10.6 Å². The van der Waals surface area contributed by atoms with Gasteiger partial charge in [-0.1, -0.05) is 29.3 Å². The number of pyridine rings is 1. The SMILES string of the molecule is O=C(Nc1ccc(CF)c(Cl)c1)N1CCN(c2ncc(-c3nnc(CO)o3)cc2Cl)CC1. The smallest absolute Gasteiger partial charge is 0.321 e. The number of benzene rings is 1. The minimum absolute atomic E-state index is 0.107. The number of amides is 2. The summed E-state index contributed by atoms with van der Waals surface area (Å²) < 4.78 is 18.1. The summed E-state index contributed by atoms with van der Waals surface area (Å²) in [6.45, 7) is 0.995. The molecule has 1 fully saturated rings. The molecule has 168 valence electrons. The third-order valence-electron chi connectivity index (χ3n) is 4.99. The largest absolute Gasteiger partial charge is 0.418 e. The molecule has 0 atom stereocenters. The lowest BCUT2D eigenvalue weighted by Gasteiger charge is -2.35. The Kier molecular flexibility index (Phi) is 6.73. The number of carbonyl (C=O) groups excluding carboxylic acids is 1. The molecular formula is C20H19Cl2FN6O3. The van der Waals surface area contributed by atoms with Crippen LogP contribution in [-0.4, -0.2) is 57.4 Å². The molecule has 9 nitrogen and oxygen atoms in total. The van der Waals surface area contributed by atoms with Crippen molar-refractivity contribution >= 4 is 40.7 Å². The molecule has 0 aliphatic carbocycles. The minimum atomic E-state index is -0.662. The Bertz CT molecular complexity index is 1120. The second kappa shape index (κ2) is 9.68. The Morgan fingerprint density at radius 1 is 1.16 bits per heavy atom. The molecule has 1 aliphatic rings. The van der Waals surface area contributed by atoms with Crippen LogP contribution in [0.15, 0.2) is 34.9 Å². The van der Waals surface area contributed by atoms with E-state index in [-0.39, 0.29) is 29.4 Å². The van der Waals surface area contributed by atoms with Crippen molar-refractivity contribution in [2.75, 3.05) is 36.4 Å². The molecular weight excluding hydrogens is 462 g/mol. The van der Waals surface area contributed by atoms with Crippen molar-refractivity contribution in [2.24, 2.45) is 0 Å². The Labute approximate surface area is 192 Å². The fraction of sp³-hybridized carbons (Fsp3) is 0.300. The number of carbonyl (C=O) groups is 1. The molecule has 2 aromatic heterocycles. The number of halogens is 3. The summed E-state index contributed by atoms with van der Waals surface area (Å²) in [4.78, 5) is 20.6. The monoisotopic (exact) mass is 480 g/mol. The number of alkyl halides is 1. The van der Waals surface area contributed by atoms with Crippen LogP contribution in [0.4, 0.5) is 20.7 Å². The number of aliphatic hydroxyl groups is 1. The first kappa shape index (κ1) is 22.3. The molecule has 2 amide bonds. The number of aliphatic hydroxyl groups excluding tert-OH is 1. The number of hydrogen-bond acceptors (Lipinski definition) is 7. The van der Waals surface area contributed by atoms with Crippen molar-refractivity contribution in [3.63, 3.8) is 0 Å². The minimum Gasteiger partial charge on any atom is -0.418 e. The molecule has 32 heavy (non-hydrogen) atoms. The average molecular weight is 481 g/mol. The summed E-state index contributed by atoms with van der Waals surface area (Å²) in [5.41, 5.74) is 1.42. The van der Waals surface area contributed by atoms with Gasteiger partial charge in [-0.25, -0.2) is 14.2 Å². The van der Waals surface area contributed by atoms with Crippen LogP contribution in [0.3, 0.4) is 0 Å².